The van der Waals surface area contributed by atoms with Crippen molar-refractivity contribution in [3.05, 3.63) is 28.7 Å². The fraction of sp³-hybridized carbons (Fsp3) is 0.429. The molecule has 6 heteroatoms. The number of benzene rings is 1. The van der Waals surface area contributed by atoms with Crippen LogP contribution < -0.4 is 15.4 Å². The molecule has 0 spiro atoms. The predicted octanol–water partition coefficient (Wildman–Crippen LogP) is 1.86. The van der Waals surface area contributed by atoms with Crippen LogP contribution in [0.3, 0.4) is 0 Å². The summed E-state index contributed by atoms with van der Waals surface area (Å²) in [6.45, 7) is 4.18. The lowest BCUT2D eigenvalue weighted by Gasteiger charge is -2.14. The highest BCUT2D eigenvalue weighted by atomic mass is 79.9. The van der Waals surface area contributed by atoms with Crippen LogP contribution in [-0.2, 0) is 9.59 Å². The molecular formula is C14H19BrN2O3. The van der Waals surface area contributed by atoms with Gasteiger partial charge in [-0.2, -0.15) is 0 Å². The molecule has 1 unspecified atom stereocenters. The van der Waals surface area contributed by atoms with Crippen molar-refractivity contribution in [3.63, 3.8) is 0 Å². The Morgan fingerprint density at radius 2 is 1.90 bits per heavy atom. The van der Waals surface area contributed by atoms with Gasteiger partial charge in [0.15, 0.2) is 6.10 Å². The Balaban J connectivity index is 2.35. The lowest BCUT2D eigenvalue weighted by Crippen LogP contribution is -2.42. The van der Waals surface area contributed by atoms with Crippen molar-refractivity contribution >= 4 is 27.7 Å². The van der Waals surface area contributed by atoms with Crippen molar-refractivity contribution in [1.82, 2.24) is 10.6 Å². The quantitative estimate of drug-likeness (QED) is 0.794. The first-order valence-corrected chi connectivity index (χ1v) is 7.29. The van der Waals surface area contributed by atoms with Crippen molar-refractivity contribution in [2.24, 2.45) is 0 Å². The van der Waals surface area contributed by atoms with Gasteiger partial charge < -0.3 is 15.4 Å². The first kappa shape index (κ1) is 16.5. The fourth-order valence-corrected chi connectivity index (χ4v) is 1.67. The molecule has 0 aliphatic rings. The van der Waals surface area contributed by atoms with E-state index in [-0.39, 0.29) is 18.4 Å². The first-order valence-electron chi connectivity index (χ1n) is 6.49. The van der Waals surface area contributed by atoms with Crippen molar-refractivity contribution in [2.75, 3.05) is 13.1 Å². The van der Waals surface area contributed by atoms with E-state index in [1.165, 1.54) is 0 Å². The average molecular weight is 343 g/mol. The van der Waals surface area contributed by atoms with Gasteiger partial charge in [-0.15, -0.1) is 0 Å². The van der Waals surface area contributed by atoms with Crippen LogP contribution in [0.25, 0.3) is 0 Å². The molecule has 20 heavy (non-hydrogen) atoms. The Morgan fingerprint density at radius 1 is 1.25 bits per heavy atom. The summed E-state index contributed by atoms with van der Waals surface area (Å²) in [5.74, 6) is 0.0851. The largest absolute Gasteiger partial charge is 0.481 e. The fourth-order valence-electron chi connectivity index (χ4n) is 1.41. The van der Waals surface area contributed by atoms with E-state index in [1.54, 1.807) is 19.1 Å². The van der Waals surface area contributed by atoms with Crippen molar-refractivity contribution in [2.45, 2.75) is 26.4 Å². The summed E-state index contributed by atoms with van der Waals surface area (Å²) in [4.78, 5) is 23.1. The van der Waals surface area contributed by atoms with E-state index in [9.17, 15) is 9.59 Å². The summed E-state index contributed by atoms with van der Waals surface area (Å²) in [7, 11) is 0. The normalized spacial score (nSPS) is 11.6. The minimum atomic E-state index is -0.657. The lowest BCUT2D eigenvalue weighted by atomic mass is 10.3. The molecule has 0 radical (unpaired) electrons. The smallest absolute Gasteiger partial charge is 0.261 e. The maximum absolute atomic E-state index is 11.8. The third-order valence-electron chi connectivity index (χ3n) is 2.49. The van der Waals surface area contributed by atoms with E-state index >= 15 is 0 Å². The number of hydrogen-bond acceptors (Lipinski definition) is 3. The highest BCUT2D eigenvalue weighted by Crippen LogP contribution is 2.17. The van der Waals surface area contributed by atoms with E-state index in [2.05, 4.69) is 26.6 Å². The number of carbonyl (C=O) groups is 2. The van der Waals surface area contributed by atoms with Crippen LogP contribution in [0.5, 0.6) is 5.75 Å². The molecule has 0 bridgehead atoms. The Morgan fingerprint density at radius 3 is 2.50 bits per heavy atom. The predicted molar refractivity (Wildman–Crippen MR) is 80.5 cm³/mol. The molecule has 2 amide bonds. The molecule has 0 heterocycles. The minimum Gasteiger partial charge on any atom is -0.481 e. The SMILES string of the molecule is CCCNC(=O)CNC(=O)C(C)Oc1ccc(Br)cc1. The molecule has 0 aliphatic carbocycles. The lowest BCUT2D eigenvalue weighted by molar-refractivity contribution is -0.130. The summed E-state index contributed by atoms with van der Waals surface area (Å²) >= 11 is 3.32. The second-order valence-electron chi connectivity index (χ2n) is 4.28. The molecule has 0 saturated heterocycles. The zero-order valence-electron chi connectivity index (χ0n) is 11.6. The van der Waals surface area contributed by atoms with Crippen molar-refractivity contribution in [3.8, 4) is 5.75 Å². The van der Waals surface area contributed by atoms with Gasteiger partial charge in [-0.1, -0.05) is 22.9 Å². The Bertz CT molecular complexity index is 448. The van der Waals surface area contributed by atoms with Crippen LogP contribution in [0.2, 0.25) is 0 Å². The standard InChI is InChI=1S/C14H19BrN2O3/c1-3-8-16-13(18)9-17-14(19)10(2)20-12-6-4-11(15)5-7-12/h4-7,10H,3,8-9H2,1-2H3,(H,16,18)(H,17,19). The average Bonchev–Trinajstić information content (AvgIpc) is 2.44. The molecule has 110 valence electrons. The highest BCUT2D eigenvalue weighted by Gasteiger charge is 2.15. The molecule has 0 aromatic heterocycles. The summed E-state index contributed by atoms with van der Waals surface area (Å²) < 4.78 is 6.42. The zero-order chi connectivity index (χ0) is 15.0. The second kappa shape index (κ2) is 8.58. The zero-order valence-corrected chi connectivity index (χ0v) is 13.2. The van der Waals surface area contributed by atoms with Crippen LogP contribution in [0, 0.1) is 0 Å². The van der Waals surface area contributed by atoms with Crippen LogP contribution in [-0.4, -0.2) is 31.0 Å². The van der Waals surface area contributed by atoms with Gasteiger partial charge in [0, 0.05) is 11.0 Å². The van der Waals surface area contributed by atoms with Crippen molar-refractivity contribution < 1.29 is 14.3 Å². The van der Waals surface area contributed by atoms with Gasteiger partial charge in [0.1, 0.15) is 5.75 Å². The van der Waals surface area contributed by atoms with Gasteiger partial charge in [-0.05, 0) is 37.6 Å². The summed E-state index contributed by atoms with van der Waals surface area (Å²) in [6, 6.07) is 7.19. The summed E-state index contributed by atoms with van der Waals surface area (Å²) in [6.07, 6.45) is 0.207. The van der Waals surface area contributed by atoms with Gasteiger partial charge in [-0.25, -0.2) is 0 Å². The Labute approximate surface area is 127 Å². The third-order valence-corrected chi connectivity index (χ3v) is 3.02. The molecule has 1 atom stereocenters. The maximum Gasteiger partial charge on any atom is 0.261 e. The summed E-state index contributed by atoms with van der Waals surface area (Å²) in [5, 5.41) is 5.22. The molecule has 1 aromatic rings. The number of halogens is 1. The number of nitrogens with one attached hydrogen (secondary N) is 2. The molecule has 2 N–H and O–H groups in total. The van der Waals surface area contributed by atoms with E-state index < -0.39 is 6.10 Å². The van der Waals surface area contributed by atoms with Crippen LogP contribution in [0.4, 0.5) is 0 Å². The van der Waals surface area contributed by atoms with Crippen LogP contribution in [0.1, 0.15) is 20.3 Å². The molecule has 0 saturated carbocycles. The number of ether oxygens (including phenoxy) is 1. The highest BCUT2D eigenvalue weighted by molar-refractivity contribution is 9.10. The monoisotopic (exact) mass is 342 g/mol. The topological polar surface area (TPSA) is 67.4 Å². The number of amides is 2. The number of rotatable bonds is 7. The molecule has 0 aliphatic heterocycles. The molecule has 5 nitrogen and oxygen atoms in total. The third kappa shape index (κ3) is 6.06. The number of carbonyl (C=O) groups excluding carboxylic acids is 2. The Hall–Kier alpha value is -1.56. The van der Waals surface area contributed by atoms with E-state index in [0.717, 1.165) is 10.9 Å². The van der Waals surface area contributed by atoms with E-state index in [4.69, 9.17) is 4.74 Å². The molecular weight excluding hydrogens is 324 g/mol. The van der Waals surface area contributed by atoms with E-state index in [1.807, 2.05) is 19.1 Å². The van der Waals surface area contributed by atoms with E-state index in [0.29, 0.717) is 12.3 Å². The molecule has 1 rings (SSSR count). The molecule has 0 fully saturated rings. The Kier molecular flexibility index (Phi) is 7.08. The second-order valence-corrected chi connectivity index (χ2v) is 5.20. The van der Waals surface area contributed by atoms with Gasteiger partial charge in [0.05, 0.1) is 6.54 Å². The first-order chi connectivity index (χ1) is 9.52. The molecule has 1 aromatic carbocycles. The summed E-state index contributed by atoms with van der Waals surface area (Å²) in [5.41, 5.74) is 0. The minimum absolute atomic E-state index is 0.0349. The van der Waals surface area contributed by atoms with Crippen LogP contribution >= 0.6 is 15.9 Å². The van der Waals surface area contributed by atoms with Gasteiger partial charge in [-0.3, -0.25) is 9.59 Å². The maximum atomic E-state index is 11.8. The van der Waals surface area contributed by atoms with Gasteiger partial charge >= 0.3 is 0 Å². The van der Waals surface area contributed by atoms with Crippen LogP contribution in [0.15, 0.2) is 28.7 Å². The van der Waals surface area contributed by atoms with Gasteiger partial charge in [0.2, 0.25) is 5.91 Å². The number of hydrogen-bond donors (Lipinski definition) is 2. The van der Waals surface area contributed by atoms with Crippen molar-refractivity contribution in [1.29, 1.82) is 0 Å². The van der Waals surface area contributed by atoms with Gasteiger partial charge in [0.25, 0.3) is 5.91 Å².